The highest BCUT2D eigenvalue weighted by molar-refractivity contribution is 5.75. The summed E-state index contributed by atoms with van der Waals surface area (Å²) < 4.78 is 30.7. The molecule has 2 nitrogen and oxygen atoms in total. The highest BCUT2D eigenvalue weighted by atomic mass is 19.1. The van der Waals surface area contributed by atoms with Crippen LogP contribution in [0, 0.1) is 11.6 Å². The van der Waals surface area contributed by atoms with E-state index in [2.05, 4.69) is 0 Å². The molecule has 0 aliphatic heterocycles. The van der Waals surface area contributed by atoms with Crippen LogP contribution in [0.25, 0.3) is 0 Å². The van der Waals surface area contributed by atoms with Crippen molar-refractivity contribution < 1.29 is 18.3 Å². The number of ether oxygens (including phenoxy) is 1. The minimum Gasteiger partial charge on any atom is -0.423 e. The molecule has 2 rings (SSSR count). The molecule has 4 heteroatoms. The van der Waals surface area contributed by atoms with Crippen molar-refractivity contribution in [2.24, 2.45) is 0 Å². The average molecular weight is 248 g/mol. The van der Waals surface area contributed by atoms with E-state index in [4.69, 9.17) is 4.74 Å². The zero-order chi connectivity index (χ0) is 13.0. The normalized spacial score (nSPS) is 10.1. The molecule has 0 saturated heterocycles. The van der Waals surface area contributed by atoms with Crippen molar-refractivity contribution >= 4 is 5.97 Å². The Morgan fingerprint density at radius 1 is 1.00 bits per heavy atom. The molecule has 0 aromatic heterocycles. The van der Waals surface area contributed by atoms with Crippen LogP contribution >= 0.6 is 0 Å². The Morgan fingerprint density at radius 3 is 2.33 bits per heavy atom. The van der Waals surface area contributed by atoms with Gasteiger partial charge in [0.1, 0.15) is 5.82 Å². The maximum Gasteiger partial charge on any atom is 0.315 e. The first-order valence-corrected chi connectivity index (χ1v) is 5.35. The molecule has 0 saturated carbocycles. The molecule has 0 bridgehead atoms. The first-order chi connectivity index (χ1) is 8.65. The van der Waals surface area contributed by atoms with Gasteiger partial charge in [0.25, 0.3) is 0 Å². The van der Waals surface area contributed by atoms with E-state index in [1.807, 2.05) is 0 Å². The number of hydrogen-bond acceptors (Lipinski definition) is 2. The third-order valence-electron chi connectivity index (χ3n) is 2.32. The van der Waals surface area contributed by atoms with Gasteiger partial charge in [-0.3, -0.25) is 4.79 Å². The third-order valence-corrected chi connectivity index (χ3v) is 2.32. The van der Waals surface area contributed by atoms with E-state index < -0.39 is 11.8 Å². The highest BCUT2D eigenvalue weighted by Gasteiger charge is 2.09. The van der Waals surface area contributed by atoms with E-state index in [9.17, 15) is 13.6 Å². The maximum absolute atomic E-state index is 13.2. The van der Waals surface area contributed by atoms with Crippen LogP contribution in [0.4, 0.5) is 8.78 Å². The lowest BCUT2D eigenvalue weighted by Crippen LogP contribution is -2.12. The van der Waals surface area contributed by atoms with Gasteiger partial charge in [-0.25, -0.2) is 8.78 Å². The number of halogens is 2. The fourth-order valence-electron chi connectivity index (χ4n) is 1.46. The summed E-state index contributed by atoms with van der Waals surface area (Å²) in [6, 6.07) is 11.1. The minimum absolute atomic E-state index is 0.0331. The van der Waals surface area contributed by atoms with Gasteiger partial charge in [0.2, 0.25) is 0 Å². The van der Waals surface area contributed by atoms with Crippen LogP contribution in [-0.4, -0.2) is 5.97 Å². The van der Waals surface area contributed by atoms with Crippen molar-refractivity contribution in [3.63, 3.8) is 0 Å². The molecule has 0 fully saturated rings. The molecular formula is C14H10F2O2. The number of benzene rings is 2. The molecule has 0 N–H and O–H groups in total. The van der Waals surface area contributed by atoms with Crippen LogP contribution in [0.3, 0.4) is 0 Å². The van der Waals surface area contributed by atoms with Gasteiger partial charge < -0.3 is 4.74 Å². The summed E-state index contributed by atoms with van der Waals surface area (Å²) in [5.41, 5.74) is 0.609. The van der Waals surface area contributed by atoms with Crippen molar-refractivity contribution in [2.45, 2.75) is 6.42 Å². The standard InChI is InChI=1S/C14H10F2O2/c15-11-7-5-10(6-8-11)9-14(17)18-13-4-2-1-3-12(13)16/h1-8H,9H2. The van der Waals surface area contributed by atoms with Crippen LogP contribution in [0.1, 0.15) is 5.56 Å². The molecule has 0 atom stereocenters. The molecule has 2 aromatic rings. The van der Waals surface area contributed by atoms with Crippen LogP contribution < -0.4 is 4.74 Å². The molecule has 0 aliphatic carbocycles. The second-order valence-corrected chi connectivity index (χ2v) is 3.71. The van der Waals surface area contributed by atoms with E-state index in [-0.39, 0.29) is 18.0 Å². The SMILES string of the molecule is O=C(Cc1ccc(F)cc1)Oc1ccccc1F. The van der Waals surface area contributed by atoms with Crippen molar-refractivity contribution in [1.82, 2.24) is 0 Å². The molecule has 0 spiro atoms. The van der Waals surface area contributed by atoms with Gasteiger partial charge in [-0.2, -0.15) is 0 Å². The molecule has 2 aromatic carbocycles. The lowest BCUT2D eigenvalue weighted by atomic mass is 10.1. The summed E-state index contributed by atoms with van der Waals surface area (Å²) >= 11 is 0. The molecule has 0 aliphatic rings. The van der Waals surface area contributed by atoms with Gasteiger partial charge in [0.15, 0.2) is 11.6 Å². The van der Waals surface area contributed by atoms with E-state index in [0.29, 0.717) is 5.56 Å². The lowest BCUT2D eigenvalue weighted by molar-refractivity contribution is -0.133. The zero-order valence-corrected chi connectivity index (χ0v) is 9.40. The first-order valence-electron chi connectivity index (χ1n) is 5.35. The number of carbonyl (C=O) groups is 1. The average Bonchev–Trinajstić information content (AvgIpc) is 2.35. The van der Waals surface area contributed by atoms with Crippen LogP contribution in [0.15, 0.2) is 48.5 Å². The quantitative estimate of drug-likeness (QED) is 0.616. The fraction of sp³-hybridized carbons (Fsp3) is 0.0714. The van der Waals surface area contributed by atoms with E-state index in [0.717, 1.165) is 0 Å². The molecule has 0 heterocycles. The second kappa shape index (κ2) is 5.40. The summed E-state index contributed by atoms with van der Waals surface area (Å²) in [7, 11) is 0. The zero-order valence-electron chi connectivity index (χ0n) is 9.40. The number of hydrogen-bond donors (Lipinski definition) is 0. The van der Waals surface area contributed by atoms with Gasteiger partial charge in [0, 0.05) is 0 Å². The summed E-state index contributed by atoms with van der Waals surface area (Å²) in [6.07, 6.45) is -0.0331. The molecule has 92 valence electrons. The van der Waals surface area contributed by atoms with Gasteiger partial charge in [-0.1, -0.05) is 24.3 Å². The van der Waals surface area contributed by atoms with Gasteiger partial charge >= 0.3 is 5.97 Å². The Bertz CT molecular complexity index is 550. The summed E-state index contributed by atoms with van der Waals surface area (Å²) in [5.74, 6) is -1.66. The molecule has 18 heavy (non-hydrogen) atoms. The van der Waals surface area contributed by atoms with Gasteiger partial charge in [0.05, 0.1) is 6.42 Å². The Balaban J connectivity index is 2.01. The smallest absolute Gasteiger partial charge is 0.315 e. The molecular weight excluding hydrogens is 238 g/mol. The number of para-hydroxylation sites is 1. The maximum atomic E-state index is 13.2. The fourth-order valence-corrected chi connectivity index (χ4v) is 1.46. The van der Waals surface area contributed by atoms with E-state index in [1.165, 1.54) is 42.5 Å². The van der Waals surface area contributed by atoms with Crippen molar-refractivity contribution in [3.8, 4) is 5.75 Å². The molecule has 0 unspecified atom stereocenters. The second-order valence-electron chi connectivity index (χ2n) is 3.71. The van der Waals surface area contributed by atoms with Crippen molar-refractivity contribution in [3.05, 3.63) is 65.7 Å². The number of carbonyl (C=O) groups excluding carboxylic acids is 1. The predicted molar refractivity (Wildman–Crippen MR) is 62.1 cm³/mol. The van der Waals surface area contributed by atoms with Crippen molar-refractivity contribution in [1.29, 1.82) is 0 Å². The van der Waals surface area contributed by atoms with E-state index in [1.54, 1.807) is 6.07 Å². The van der Waals surface area contributed by atoms with Crippen LogP contribution in [0.5, 0.6) is 5.75 Å². The minimum atomic E-state index is -0.593. The lowest BCUT2D eigenvalue weighted by Gasteiger charge is -2.05. The monoisotopic (exact) mass is 248 g/mol. The Labute approximate surface area is 103 Å². The Morgan fingerprint density at radius 2 is 1.67 bits per heavy atom. The van der Waals surface area contributed by atoms with Gasteiger partial charge in [-0.05, 0) is 29.8 Å². The largest absolute Gasteiger partial charge is 0.423 e. The van der Waals surface area contributed by atoms with Crippen LogP contribution in [0.2, 0.25) is 0 Å². The van der Waals surface area contributed by atoms with Crippen LogP contribution in [-0.2, 0) is 11.2 Å². The predicted octanol–water partition coefficient (Wildman–Crippen LogP) is 3.11. The number of esters is 1. The summed E-state index contributed by atoms with van der Waals surface area (Å²) in [5, 5.41) is 0. The third kappa shape index (κ3) is 3.13. The number of rotatable bonds is 3. The Kier molecular flexibility index (Phi) is 3.67. The molecule has 0 amide bonds. The highest BCUT2D eigenvalue weighted by Crippen LogP contribution is 2.16. The topological polar surface area (TPSA) is 26.3 Å². The summed E-state index contributed by atoms with van der Waals surface area (Å²) in [6.45, 7) is 0. The van der Waals surface area contributed by atoms with Crippen molar-refractivity contribution in [2.75, 3.05) is 0 Å². The van der Waals surface area contributed by atoms with E-state index >= 15 is 0 Å². The molecule has 0 radical (unpaired) electrons. The summed E-state index contributed by atoms with van der Waals surface area (Å²) in [4.78, 5) is 11.5. The first kappa shape index (κ1) is 12.2. The van der Waals surface area contributed by atoms with Gasteiger partial charge in [-0.15, -0.1) is 0 Å². The Hall–Kier alpha value is -2.23.